The summed E-state index contributed by atoms with van der Waals surface area (Å²) in [5, 5.41) is 0. The molecule has 0 aliphatic heterocycles. The molecule has 1 rings (SSSR count). The van der Waals surface area contributed by atoms with E-state index in [0.717, 1.165) is 16.8 Å². The van der Waals surface area contributed by atoms with Crippen LogP contribution < -0.4 is 5.73 Å². The van der Waals surface area contributed by atoms with Crippen LogP contribution in [0.1, 0.15) is 11.1 Å². The van der Waals surface area contributed by atoms with Crippen molar-refractivity contribution in [2.75, 3.05) is 5.73 Å². The van der Waals surface area contributed by atoms with Crippen molar-refractivity contribution in [2.24, 2.45) is 0 Å². The lowest BCUT2D eigenvalue weighted by atomic mass is 10.1. The number of halogens is 1. The third kappa shape index (κ3) is 1.92. The summed E-state index contributed by atoms with van der Waals surface area (Å²) in [7, 11) is 0. The molecule has 0 aliphatic carbocycles. The van der Waals surface area contributed by atoms with Crippen LogP contribution in [-0.4, -0.2) is 0 Å². The number of nitrogens with two attached hydrogens (primary N) is 1. The van der Waals surface area contributed by atoms with Crippen molar-refractivity contribution < 1.29 is 0 Å². The highest BCUT2D eigenvalue weighted by atomic mass is 127. The van der Waals surface area contributed by atoms with Gasteiger partial charge in [-0.1, -0.05) is 0 Å². The smallest absolute Gasteiger partial charge is 0.0357 e. The fraction of sp³-hybridized carbons (Fsp3) is 0.200. The second-order valence-corrected chi connectivity index (χ2v) is 3.83. The van der Waals surface area contributed by atoms with Crippen LogP contribution in [0.3, 0.4) is 0 Å². The first-order valence-electron chi connectivity index (χ1n) is 3.63. The topological polar surface area (TPSA) is 26.0 Å². The van der Waals surface area contributed by atoms with Gasteiger partial charge in [0.25, 0.3) is 0 Å². The average molecular weight is 271 g/mol. The summed E-state index contributed by atoms with van der Waals surface area (Å²) in [6.45, 7) is 2.01. The molecule has 0 saturated heterocycles. The van der Waals surface area contributed by atoms with E-state index in [1.54, 1.807) is 0 Å². The van der Waals surface area contributed by atoms with Crippen molar-refractivity contribution in [2.45, 2.75) is 13.3 Å². The van der Waals surface area contributed by atoms with Gasteiger partial charge in [-0.15, -0.1) is 12.3 Å². The number of benzene rings is 1. The quantitative estimate of drug-likeness (QED) is 0.473. The Bertz CT molecular complexity index is 313. The zero-order valence-corrected chi connectivity index (χ0v) is 9.05. The number of hydrogen-bond donors (Lipinski definition) is 1. The zero-order chi connectivity index (χ0) is 9.14. The van der Waals surface area contributed by atoms with E-state index in [9.17, 15) is 0 Å². The lowest BCUT2D eigenvalue weighted by molar-refractivity contribution is 1.28. The maximum Gasteiger partial charge on any atom is 0.0357 e. The fourth-order valence-electron chi connectivity index (χ4n) is 0.978. The summed E-state index contributed by atoms with van der Waals surface area (Å²) >= 11 is 2.27. The molecule has 12 heavy (non-hydrogen) atoms. The molecule has 1 aromatic rings. The van der Waals surface area contributed by atoms with Gasteiger partial charge in [0.2, 0.25) is 0 Å². The minimum absolute atomic E-state index is 0.653. The van der Waals surface area contributed by atoms with Crippen molar-refractivity contribution in [3.8, 4) is 12.3 Å². The van der Waals surface area contributed by atoms with E-state index in [1.807, 2.05) is 13.0 Å². The Labute approximate surface area is 86.5 Å². The van der Waals surface area contributed by atoms with Crippen LogP contribution >= 0.6 is 22.6 Å². The molecule has 0 bridgehead atoms. The van der Waals surface area contributed by atoms with Gasteiger partial charge in [0, 0.05) is 15.7 Å². The Morgan fingerprint density at radius 3 is 2.75 bits per heavy atom. The first-order chi connectivity index (χ1) is 5.65. The number of hydrogen-bond acceptors (Lipinski definition) is 1. The summed E-state index contributed by atoms with van der Waals surface area (Å²) in [6, 6.07) is 4.02. The summed E-state index contributed by atoms with van der Waals surface area (Å²) in [6.07, 6.45) is 5.86. The number of anilines is 1. The summed E-state index contributed by atoms with van der Waals surface area (Å²) in [5.74, 6) is 2.60. The summed E-state index contributed by atoms with van der Waals surface area (Å²) in [4.78, 5) is 0. The van der Waals surface area contributed by atoms with E-state index >= 15 is 0 Å². The average Bonchev–Trinajstić information content (AvgIpc) is 2.01. The molecule has 0 heterocycles. The van der Waals surface area contributed by atoms with E-state index in [4.69, 9.17) is 12.2 Å². The molecule has 0 radical (unpaired) electrons. The van der Waals surface area contributed by atoms with Gasteiger partial charge in [-0.2, -0.15) is 0 Å². The Balaban J connectivity index is 3.14. The van der Waals surface area contributed by atoms with E-state index in [1.165, 1.54) is 3.57 Å². The van der Waals surface area contributed by atoms with Crippen molar-refractivity contribution in [3.63, 3.8) is 0 Å². The normalized spacial score (nSPS) is 9.42. The number of nitrogen functional groups attached to an aromatic ring is 1. The Morgan fingerprint density at radius 2 is 2.25 bits per heavy atom. The van der Waals surface area contributed by atoms with Crippen molar-refractivity contribution >= 4 is 28.3 Å². The van der Waals surface area contributed by atoms with Crippen LogP contribution in [0.25, 0.3) is 0 Å². The lowest BCUT2D eigenvalue weighted by Crippen LogP contribution is -1.95. The molecular weight excluding hydrogens is 261 g/mol. The molecule has 0 aromatic heterocycles. The third-order valence-electron chi connectivity index (χ3n) is 1.75. The van der Waals surface area contributed by atoms with Gasteiger partial charge < -0.3 is 5.73 Å². The van der Waals surface area contributed by atoms with Crippen LogP contribution in [0.2, 0.25) is 0 Å². The van der Waals surface area contributed by atoms with E-state index < -0.39 is 0 Å². The van der Waals surface area contributed by atoms with Crippen LogP contribution in [0.4, 0.5) is 5.69 Å². The van der Waals surface area contributed by atoms with Crippen molar-refractivity contribution in [1.82, 2.24) is 0 Å². The van der Waals surface area contributed by atoms with E-state index in [0.29, 0.717) is 6.42 Å². The standard InChI is InChI=1S/C10H10IN/c1-3-4-8-5-9(11)7(2)10(12)6-8/h1,5-6H,4,12H2,2H3. The minimum Gasteiger partial charge on any atom is -0.398 e. The molecule has 0 atom stereocenters. The molecule has 1 aromatic carbocycles. The van der Waals surface area contributed by atoms with Crippen molar-refractivity contribution in [1.29, 1.82) is 0 Å². The van der Waals surface area contributed by atoms with E-state index in [-0.39, 0.29) is 0 Å². The lowest BCUT2D eigenvalue weighted by Gasteiger charge is -2.05. The first-order valence-corrected chi connectivity index (χ1v) is 4.71. The van der Waals surface area contributed by atoms with Crippen LogP contribution in [-0.2, 0) is 6.42 Å². The van der Waals surface area contributed by atoms with Gasteiger partial charge in [0.05, 0.1) is 0 Å². The van der Waals surface area contributed by atoms with Gasteiger partial charge in [-0.05, 0) is 52.8 Å². The fourth-order valence-corrected chi connectivity index (χ4v) is 1.69. The highest BCUT2D eigenvalue weighted by molar-refractivity contribution is 14.1. The van der Waals surface area contributed by atoms with E-state index in [2.05, 4.69) is 34.6 Å². The highest BCUT2D eigenvalue weighted by Gasteiger charge is 2.00. The Morgan fingerprint density at radius 1 is 1.58 bits per heavy atom. The van der Waals surface area contributed by atoms with Gasteiger partial charge >= 0.3 is 0 Å². The first kappa shape index (κ1) is 9.40. The predicted molar refractivity (Wildman–Crippen MR) is 60.8 cm³/mol. The van der Waals surface area contributed by atoms with Gasteiger partial charge in [-0.25, -0.2) is 0 Å². The molecule has 0 spiro atoms. The number of terminal acetylenes is 1. The summed E-state index contributed by atoms with van der Waals surface area (Å²) in [5.41, 5.74) is 8.86. The van der Waals surface area contributed by atoms with Crippen LogP contribution in [0.15, 0.2) is 12.1 Å². The molecule has 0 amide bonds. The third-order valence-corrected chi connectivity index (χ3v) is 2.87. The number of rotatable bonds is 1. The zero-order valence-electron chi connectivity index (χ0n) is 6.89. The molecule has 0 fully saturated rings. The van der Waals surface area contributed by atoms with Gasteiger partial charge in [0.15, 0.2) is 0 Å². The molecule has 1 nitrogen and oxygen atoms in total. The van der Waals surface area contributed by atoms with Crippen molar-refractivity contribution in [3.05, 3.63) is 26.8 Å². The highest BCUT2D eigenvalue weighted by Crippen LogP contribution is 2.20. The Hall–Kier alpha value is -0.690. The van der Waals surface area contributed by atoms with Crippen LogP contribution in [0, 0.1) is 22.8 Å². The maximum atomic E-state index is 5.78. The molecule has 62 valence electrons. The minimum atomic E-state index is 0.653. The Kier molecular flexibility index (Phi) is 2.99. The van der Waals surface area contributed by atoms with Gasteiger partial charge in [0.1, 0.15) is 0 Å². The molecule has 0 saturated carbocycles. The predicted octanol–water partition coefficient (Wildman–Crippen LogP) is 2.36. The molecule has 0 aliphatic rings. The monoisotopic (exact) mass is 271 g/mol. The second kappa shape index (κ2) is 3.81. The SMILES string of the molecule is C#CCc1cc(N)c(C)c(I)c1. The molecule has 2 N–H and O–H groups in total. The van der Waals surface area contributed by atoms with Gasteiger partial charge in [-0.3, -0.25) is 0 Å². The van der Waals surface area contributed by atoms with Crippen LogP contribution in [0.5, 0.6) is 0 Å². The maximum absolute atomic E-state index is 5.78. The largest absolute Gasteiger partial charge is 0.398 e. The molecule has 2 heteroatoms. The second-order valence-electron chi connectivity index (χ2n) is 2.67. The molecular formula is C10H10IN. The summed E-state index contributed by atoms with van der Waals surface area (Å²) < 4.78 is 1.18. The molecule has 0 unspecified atom stereocenters.